The van der Waals surface area contributed by atoms with Gasteiger partial charge in [-0.05, 0) is 31.2 Å². The Hall–Kier alpha value is -2.96. The average molecular weight is 366 g/mol. The van der Waals surface area contributed by atoms with Crippen LogP contribution in [0.5, 0.6) is 0 Å². The highest BCUT2D eigenvalue weighted by Gasteiger charge is 2.26. The zero-order valence-corrected chi connectivity index (χ0v) is 15.3. The van der Waals surface area contributed by atoms with E-state index >= 15 is 0 Å². The molecule has 0 saturated heterocycles. The molecule has 1 saturated carbocycles. The predicted molar refractivity (Wildman–Crippen MR) is 102 cm³/mol. The molecule has 0 spiro atoms. The summed E-state index contributed by atoms with van der Waals surface area (Å²) in [4.78, 5) is 41.8. The molecular formula is C20H22N4O3. The van der Waals surface area contributed by atoms with E-state index in [4.69, 9.17) is 0 Å². The predicted octanol–water partition coefficient (Wildman–Crippen LogP) is 1.80. The third kappa shape index (κ3) is 3.49. The van der Waals surface area contributed by atoms with E-state index in [2.05, 4.69) is 4.98 Å². The van der Waals surface area contributed by atoms with Crippen LogP contribution < -0.4 is 11.2 Å². The number of rotatable bonds is 7. The first-order valence-electron chi connectivity index (χ1n) is 9.26. The highest BCUT2D eigenvalue weighted by atomic mass is 16.2. The van der Waals surface area contributed by atoms with E-state index in [0.717, 1.165) is 18.4 Å². The summed E-state index contributed by atoms with van der Waals surface area (Å²) in [6, 6.07) is 9.65. The van der Waals surface area contributed by atoms with E-state index in [9.17, 15) is 14.4 Å². The van der Waals surface area contributed by atoms with Crippen LogP contribution in [0, 0.1) is 5.92 Å². The molecule has 1 aliphatic rings. The fourth-order valence-electron chi connectivity index (χ4n) is 3.31. The average Bonchev–Trinajstić information content (AvgIpc) is 3.38. The van der Waals surface area contributed by atoms with Crippen molar-refractivity contribution < 1.29 is 4.79 Å². The summed E-state index contributed by atoms with van der Waals surface area (Å²) in [5, 5.41) is 0. The van der Waals surface area contributed by atoms with Crippen molar-refractivity contribution >= 4 is 16.9 Å². The van der Waals surface area contributed by atoms with Crippen molar-refractivity contribution in [3.8, 4) is 0 Å². The molecule has 27 heavy (non-hydrogen) atoms. The van der Waals surface area contributed by atoms with Gasteiger partial charge in [-0.3, -0.25) is 18.7 Å². The third-order valence-electron chi connectivity index (χ3n) is 5.01. The Kier molecular flexibility index (Phi) is 4.51. The number of fused-ring (bicyclic) bond motifs is 1. The smallest absolute Gasteiger partial charge is 0.324 e. The molecule has 0 unspecified atom stereocenters. The van der Waals surface area contributed by atoms with Crippen LogP contribution in [0.1, 0.15) is 31.7 Å². The zero-order valence-electron chi connectivity index (χ0n) is 15.3. The van der Waals surface area contributed by atoms with Crippen LogP contribution in [0.4, 0.5) is 0 Å². The van der Waals surface area contributed by atoms with Crippen LogP contribution in [-0.2, 0) is 24.4 Å². The van der Waals surface area contributed by atoms with E-state index in [1.165, 1.54) is 11.5 Å². The second-order valence-electron chi connectivity index (χ2n) is 7.28. The van der Waals surface area contributed by atoms with Crippen LogP contribution in [0.25, 0.3) is 11.2 Å². The molecule has 0 amide bonds. The number of nitrogens with zero attached hydrogens (tertiary/aromatic N) is 4. The van der Waals surface area contributed by atoms with E-state index in [-0.39, 0.29) is 17.0 Å². The van der Waals surface area contributed by atoms with Crippen molar-refractivity contribution in [2.45, 2.75) is 45.8 Å². The van der Waals surface area contributed by atoms with Crippen LogP contribution in [0.2, 0.25) is 0 Å². The number of aromatic nitrogens is 4. The molecule has 1 aromatic carbocycles. The Morgan fingerprint density at radius 2 is 1.89 bits per heavy atom. The summed E-state index contributed by atoms with van der Waals surface area (Å²) in [5.41, 5.74) is 1.11. The van der Waals surface area contributed by atoms with Gasteiger partial charge in [0.25, 0.3) is 5.56 Å². The van der Waals surface area contributed by atoms with Crippen LogP contribution in [0.3, 0.4) is 0 Å². The van der Waals surface area contributed by atoms with Crippen LogP contribution in [0.15, 0.2) is 46.2 Å². The Morgan fingerprint density at radius 1 is 1.15 bits per heavy atom. The molecule has 2 heterocycles. The van der Waals surface area contributed by atoms with Crippen molar-refractivity contribution in [3.05, 3.63) is 63.1 Å². The SMILES string of the molecule is CC(=O)CCn1cnc2c1c(=O)n(CC1CC1)c(=O)n2Cc1ccccc1. The minimum Gasteiger partial charge on any atom is -0.324 e. The molecule has 140 valence electrons. The summed E-state index contributed by atoms with van der Waals surface area (Å²) in [5.74, 6) is 0.444. The summed E-state index contributed by atoms with van der Waals surface area (Å²) in [7, 11) is 0. The van der Waals surface area contributed by atoms with Gasteiger partial charge in [0, 0.05) is 19.5 Å². The fraction of sp³-hybridized carbons (Fsp3) is 0.400. The molecular weight excluding hydrogens is 344 g/mol. The van der Waals surface area contributed by atoms with Gasteiger partial charge in [0.05, 0.1) is 12.9 Å². The first-order chi connectivity index (χ1) is 13.0. The lowest BCUT2D eigenvalue weighted by molar-refractivity contribution is -0.117. The van der Waals surface area contributed by atoms with E-state index in [1.54, 1.807) is 15.5 Å². The summed E-state index contributed by atoms with van der Waals surface area (Å²) >= 11 is 0. The van der Waals surface area contributed by atoms with Gasteiger partial charge in [0.2, 0.25) is 0 Å². The van der Waals surface area contributed by atoms with Crippen molar-refractivity contribution in [3.63, 3.8) is 0 Å². The Balaban J connectivity index is 1.88. The first kappa shape index (κ1) is 17.5. The number of hydrogen-bond donors (Lipinski definition) is 0. The molecule has 0 atom stereocenters. The molecule has 7 heteroatoms. The highest BCUT2D eigenvalue weighted by molar-refractivity contribution is 5.76. The molecule has 0 aliphatic heterocycles. The molecule has 0 bridgehead atoms. The Labute approximate surface area is 155 Å². The van der Waals surface area contributed by atoms with Crippen molar-refractivity contribution in [2.24, 2.45) is 5.92 Å². The molecule has 4 rings (SSSR count). The molecule has 1 aliphatic carbocycles. The van der Waals surface area contributed by atoms with Crippen molar-refractivity contribution in [2.75, 3.05) is 0 Å². The van der Waals surface area contributed by atoms with Gasteiger partial charge < -0.3 is 4.57 Å². The number of carbonyl (C=O) groups excluding carboxylic acids is 1. The number of Topliss-reactive ketones (excluding diaryl/α,β-unsaturated/α-hetero) is 1. The lowest BCUT2D eigenvalue weighted by Gasteiger charge is -2.12. The fourth-order valence-corrected chi connectivity index (χ4v) is 3.31. The number of imidazole rings is 1. The molecule has 2 aromatic heterocycles. The maximum absolute atomic E-state index is 13.1. The van der Waals surface area contributed by atoms with Crippen LogP contribution in [-0.4, -0.2) is 24.5 Å². The van der Waals surface area contributed by atoms with Gasteiger partial charge in [0.15, 0.2) is 11.2 Å². The highest BCUT2D eigenvalue weighted by Crippen LogP contribution is 2.29. The van der Waals surface area contributed by atoms with Crippen molar-refractivity contribution in [1.82, 2.24) is 18.7 Å². The molecule has 1 fully saturated rings. The lowest BCUT2D eigenvalue weighted by Crippen LogP contribution is -2.41. The lowest BCUT2D eigenvalue weighted by atomic mass is 10.2. The normalized spacial score (nSPS) is 14.0. The topological polar surface area (TPSA) is 78.9 Å². The third-order valence-corrected chi connectivity index (χ3v) is 5.01. The first-order valence-corrected chi connectivity index (χ1v) is 9.26. The number of ketones is 1. The van der Waals surface area contributed by atoms with E-state index < -0.39 is 0 Å². The number of aryl methyl sites for hydroxylation is 1. The van der Waals surface area contributed by atoms with E-state index in [1.807, 2.05) is 30.3 Å². The van der Waals surface area contributed by atoms with Gasteiger partial charge >= 0.3 is 5.69 Å². The monoisotopic (exact) mass is 366 g/mol. The summed E-state index contributed by atoms with van der Waals surface area (Å²) in [6.45, 7) is 2.70. The van der Waals surface area contributed by atoms with Gasteiger partial charge in [-0.2, -0.15) is 0 Å². The van der Waals surface area contributed by atoms with Gasteiger partial charge in [-0.1, -0.05) is 30.3 Å². The number of benzene rings is 1. The minimum absolute atomic E-state index is 0.0489. The van der Waals surface area contributed by atoms with Gasteiger partial charge in [0.1, 0.15) is 5.78 Å². The molecule has 7 nitrogen and oxygen atoms in total. The Bertz CT molecular complexity index is 1100. The zero-order chi connectivity index (χ0) is 19.0. The summed E-state index contributed by atoms with van der Waals surface area (Å²) in [6.07, 6.45) is 3.97. The standard InChI is InChI=1S/C20H22N4O3/c1-14(25)9-10-22-13-21-18-17(22)19(26)24(12-16-7-8-16)20(27)23(18)11-15-5-3-2-4-6-15/h2-6,13,16H,7-12H2,1H3. The number of carbonyl (C=O) groups is 1. The minimum atomic E-state index is -0.319. The maximum atomic E-state index is 13.1. The molecule has 0 N–H and O–H groups in total. The van der Waals surface area contributed by atoms with Gasteiger partial charge in [-0.25, -0.2) is 9.78 Å². The maximum Gasteiger partial charge on any atom is 0.333 e. The largest absolute Gasteiger partial charge is 0.333 e. The van der Waals surface area contributed by atoms with Crippen LogP contribution >= 0.6 is 0 Å². The number of hydrogen-bond acceptors (Lipinski definition) is 4. The molecule has 0 radical (unpaired) electrons. The van der Waals surface area contributed by atoms with Crippen molar-refractivity contribution in [1.29, 1.82) is 0 Å². The molecule has 3 aromatic rings. The van der Waals surface area contributed by atoms with Gasteiger partial charge in [-0.15, -0.1) is 0 Å². The Morgan fingerprint density at radius 3 is 2.56 bits per heavy atom. The second kappa shape index (κ2) is 6.98. The second-order valence-corrected chi connectivity index (χ2v) is 7.28. The summed E-state index contributed by atoms with van der Waals surface area (Å²) < 4.78 is 4.61. The quantitative estimate of drug-likeness (QED) is 0.639. The van der Waals surface area contributed by atoms with E-state index in [0.29, 0.717) is 43.1 Å².